The number of aliphatic hydroxyl groups is 8. The summed E-state index contributed by atoms with van der Waals surface area (Å²) in [4.78, 5) is 12.0. The first-order valence-electron chi connectivity index (χ1n) is 27.9. The van der Waals surface area contributed by atoms with E-state index >= 15 is 0 Å². The van der Waals surface area contributed by atoms with E-state index < -0.39 is 129 Å². The van der Waals surface area contributed by atoms with Gasteiger partial charge in [-0.05, 0) is 127 Å². The Kier molecular flexibility index (Phi) is 16.2. The summed E-state index contributed by atoms with van der Waals surface area (Å²) in [7, 11) is 0. The molecule has 10 rings (SSSR count). The van der Waals surface area contributed by atoms with Crippen molar-refractivity contribution in [3.63, 3.8) is 0 Å². The molecule has 8 N–H and O–H groups in total. The number of carbonyl (C=O) groups is 1. The molecule has 9 fully saturated rings. The molecule has 20 nitrogen and oxygen atoms in total. The van der Waals surface area contributed by atoms with Gasteiger partial charge in [0.2, 0.25) is 0 Å². The molecule has 10 aliphatic rings. The highest BCUT2D eigenvalue weighted by Gasteiger charge is 2.68. The van der Waals surface area contributed by atoms with Gasteiger partial charge in [0.15, 0.2) is 31.5 Å². The molecule has 422 valence electrons. The summed E-state index contributed by atoms with van der Waals surface area (Å²) in [6, 6.07) is 0. The van der Waals surface area contributed by atoms with Crippen molar-refractivity contribution in [1.82, 2.24) is 0 Å². The molecule has 0 spiro atoms. The minimum Gasteiger partial charge on any atom is -0.458 e. The Balaban J connectivity index is 0.679. The van der Waals surface area contributed by atoms with Gasteiger partial charge in [-0.15, -0.1) is 0 Å². The van der Waals surface area contributed by atoms with E-state index in [0.717, 1.165) is 63.4 Å². The van der Waals surface area contributed by atoms with Gasteiger partial charge < -0.3 is 93.0 Å². The Morgan fingerprint density at radius 1 is 0.541 bits per heavy atom. The summed E-state index contributed by atoms with van der Waals surface area (Å²) in [5.41, 5.74) is 0.107. The van der Waals surface area contributed by atoms with Crippen molar-refractivity contribution in [3.8, 4) is 0 Å². The second-order valence-corrected chi connectivity index (χ2v) is 24.7. The number of hydrogen-bond acceptors (Lipinski definition) is 20. The zero-order chi connectivity index (χ0) is 52.9. The van der Waals surface area contributed by atoms with Gasteiger partial charge in [0, 0.05) is 36.7 Å². The molecule has 20 heteroatoms. The van der Waals surface area contributed by atoms with Crippen molar-refractivity contribution in [2.24, 2.45) is 40.4 Å². The van der Waals surface area contributed by atoms with E-state index in [2.05, 4.69) is 13.8 Å². The van der Waals surface area contributed by atoms with Gasteiger partial charge >= 0.3 is 5.97 Å². The van der Waals surface area contributed by atoms with Gasteiger partial charge in [-0.2, -0.15) is 0 Å². The molecule has 6 aliphatic heterocycles. The number of carbonyl (C=O) groups excluding carboxylic acids is 1. The van der Waals surface area contributed by atoms with Crippen molar-refractivity contribution in [2.75, 3.05) is 6.61 Å². The lowest BCUT2D eigenvalue weighted by Gasteiger charge is -2.64. The van der Waals surface area contributed by atoms with Crippen LogP contribution in [0.15, 0.2) is 11.6 Å². The van der Waals surface area contributed by atoms with Gasteiger partial charge in [-0.1, -0.05) is 20.8 Å². The first-order valence-corrected chi connectivity index (χ1v) is 27.9. The lowest BCUT2D eigenvalue weighted by Crippen LogP contribution is -2.63. The quantitative estimate of drug-likeness (QED) is 0.109. The normalized spacial score (nSPS) is 55.9. The molecule has 74 heavy (non-hydrogen) atoms. The Morgan fingerprint density at radius 3 is 1.78 bits per heavy atom. The third kappa shape index (κ3) is 10.1. The van der Waals surface area contributed by atoms with Gasteiger partial charge in [0.05, 0.1) is 60.5 Å². The second kappa shape index (κ2) is 21.5. The number of hydrogen-bond donors (Lipinski definition) is 8. The first-order chi connectivity index (χ1) is 35.0. The van der Waals surface area contributed by atoms with Crippen LogP contribution in [-0.4, -0.2) is 194 Å². The average Bonchev–Trinajstić information content (AvgIpc) is 3.94. The average molecular weight is 1060 g/mol. The minimum atomic E-state index is -1.61. The summed E-state index contributed by atoms with van der Waals surface area (Å²) >= 11 is 0. The molecule has 4 aliphatic carbocycles. The summed E-state index contributed by atoms with van der Waals surface area (Å²) in [6.45, 7) is 15.6. The molecule has 6 heterocycles. The molecule has 0 aromatic rings. The lowest BCUT2D eigenvalue weighted by molar-refractivity contribution is -0.365. The van der Waals surface area contributed by atoms with E-state index in [0.29, 0.717) is 18.4 Å². The van der Waals surface area contributed by atoms with Crippen LogP contribution in [0.3, 0.4) is 0 Å². The van der Waals surface area contributed by atoms with Crippen molar-refractivity contribution in [2.45, 2.75) is 273 Å². The number of rotatable bonds is 11. The predicted molar refractivity (Wildman–Crippen MR) is 257 cm³/mol. The van der Waals surface area contributed by atoms with Crippen LogP contribution >= 0.6 is 0 Å². The zero-order valence-corrected chi connectivity index (χ0v) is 44.3. The molecule has 5 saturated heterocycles. The predicted octanol–water partition coefficient (Wildman–Crippen LogP) is 2.23. The van der Waals surface area contributed by atoms with Crippen molar-refractivity contribution in [3.05, 3.63) is 11.6 Å². The monoisotopic (exact) mass is 1050 g/mol. The van der Waals surface area contributed by atoms with Gasteiger partial charge in [-0.3, -0.25) is 0 Å². The maximum atomic E-state index is 12.6. The van der Waals surface area contributed by atoms with E-state index in [9.17, 15) is 45.6 Å². The number of fused-ring (bicyclic) bond motifs is 5. The smallest absolute Gasteiger partial charge is 0.331 e. The van der Waals surface area contributed by atoms with E-state index in [1.54, 1.807) is 19.9 Å². The van der Waals surface area contributed by atoms with E-state index in [1.165, 1.54) is 6.92 Å². The second-order valence-electron chi connectivity index (χ2n) is 24.7. The summed E-state index contributed by atoms with van der Waals surface area (Å²) in [5, 5.41) is 88.8. The molecule has 18 unspecified atom stereocenters. The van der Waals surface area contributed by atoms with E-state index in [-0.39, 0.29) is 66.0 Å². The van der Waals surface area contributed by atoms with Gasteiger partial charge in [-0.25, -0.2) is 4.79 Å². The van der Waals surface area contributed by atoms with Crippen LogP contribution < -0.4 is 0 Å². The van der Waals surface area contributed by atoms with Crippen LogP contribution in [-0.2, 0) is 56.9 Å². The van der Waals surface area contributed by atoms with Crippen molar-refractivity contribution >= 4 is 5.97 Å². The Labute approximate surface area is 434 Å². The minimum absolute atomic E-state index is 0.0176. The van der Waals surface area contributed by atoms with Crippen LogP contribution in [0.2, 0.25) is 0 Å². The zero-order valence-electron chi connectivity index (χ0n) is 44.3. The Hall–Kier alpha value is -1.51. The summed E-state index contributed by atoms with van der Waals surface area (Å²) in [5.74, 6) is 0.798. The number of esters is 1. The molecule has 0 aromatic heterocycles. The molecule has 0 radical (unpaired) electrons. The third-order valence-corrected chi connectivity index (χ3v) is 20.5. The van der Waals surface area contributed by atoms with Crippen LogP contribution in [0, 0.1) is 40.4 Å². The molecule has 30 atom stereocenters. The third-order valence-electron chi connectivity index (χ3n) is 20.5. The summed E-state index contributed by atoms with van der Waals surface area (Å²) < 4.78 is 67.3. The fraction of sp³-hybridized carbons (Fsp3) is 0.944. The standard InChI is InChI=1S/C54H86O20/c1-23-24(2)65-41(21-37(23)71-50-46(62)44(60)49(28(6)69-50)74-51-45(61)43(59)42(58)25(3)68-51)73-48-27(5)67-40(20-36(48)56)72-47-26(4)66-39(19-35(47)55)70-31-11-14-52(7)30(18-31)9-10-34-33(52)12-15-53(8)32(13-16-54(34,53)63)29-17-38(57)64-22-29/h17,23-28,30-37,39-51,55-56,58-63H,9-16,18-22H2,1-8H3/t23?,24?,25?,26?,27?,28?,30-,31+,32-,33+,34-,35?,36?,37?,39?,40?,41?,42-,43?,44?,45+,46+,47?,48?,49+,50?,51?,52+,53-,54+/m1/s1. The SMILES string of the molecule is CC1OC(OC2C(O)CC(OC3C(O)CC(O[C@H]4CC[C@@]5(C)[C@H](CC[C@@H]6[C@@H]5CC[C@]5(C)[C@@H](C7=CC(=O)OC7)CC[C@]65O)C4)OC3C)OC2C)CC(OC2OC(C)[C@H](OC3OC(C)[C@@H](O)C(O)[C@@H]3O)C(O)[C@@H]2O)C1C. The van der Waals surface area contributed by atoms with Gasteiger partial charge in [0.1, 0.15) is 55.4 Å². The highest BCUT2D eigenvalue weighted by molar-refractivity contribution is 5.85. The number of ether oxygens (including phenoxy) is 11. The molecule has 0 bridgehead atoms. The maximum Gasteiger partial charge on any atom is 0.331 e. The topological polar surface area (TPSA) is 280 Å². The van der Waals surface area contributed by atoms with Crippen molar-refractivity contribution in [1.29, 1.82) is 0 Å². The van der Waals surface area contributed by atoms with Crippen LogP contribution in [0.25, 0.3) is 0 Å². The molecular weight excluding hydrogens is 969 g/mol. The Morgan fingerprint density at radius 2 is 1.14 bits per heavy atom. The van der Waals surface area contributed by atoms with Gasteiger partial charge in [0.25, 0.3) is 0 Å². The maximum absolute atomic E-state index is 12.6. The molecule has 0 amide bonds. The van der Waals surface area contributed by atoms with E-state index in [4.69, 9.17) is 52.1 Å². The van der Waals surface area contributed by atoms with Crippen LogP contribution in [0.4, 0.5) is 0 Å². The Bertz CT molecular complexity index is 1970. The largest absolute Gasteiger partial charge is 0.458 e. The first kappa shape index (κ1) is 55.8. The molecule has 4 saturated carbocycles. The molecule has 0 aromatic carbocycles. The van der Waals surface area contributed by atoms with Crippen molar-refractivity contribution < 1.29 is 97.8 Å². The molecular formula is C54H86O20. The highest BCUT2D eigenvalue weighted by atomic mass is 16.8. The fourth-order valence-corrected chi connectivity index (χ4v) is 15.8. The fourth-order valence-electron chi connectivity index (χ4n) is 15.8. The van der Waals surface area contributed by atoms with Crippen LogP contribution in [0.5, 0.6) is 0 Å². The summed E-state index contributed by atoms with van der Waals surface area (Å²) in [6.07, 6.45) is -10.6. The van der Waals surface area contributed by atoms with Crippen LogP contribution in [0.1, 0.15) is 132 Å². The number of aliphatic hydroxyl groups excluding tert-OH is 7. The lowest BCUT2D eigenvalue weighted by atomic mass is 9.43. The number of cyclic esters (lactones) is 1. The van der Waals surface area contributed by atoms with E-state index in [1.807, 2.05) is 20.8 Å². The highest BCUT2D eigenvalue weighted by Crippen LogP contribution is 2.70.